The molecule has 41 heavy (non-hydrogen) atoms. The van der Waals surface area contributed by atoms with Gasteiger partial charge in [-0.3, -0.25) is 14.3 Å². The highest BCUT2D eigenvalue weighted by Gasteiger charge is 2.19. The topological polar surface area (TPSA) is 88.8 Å². The Morgan fingerprint density at radius 1 is 0.976 bits per heavy atom. The second-order valence-electron chi connectivity index (χ2n) is 10.6. The van der Waals surface area contributed by atoms with Gasteiger partial charge < -0.3 is 10.2 Å². The van der Waals surface area contributed by atoms with E-state index < -0.39 is 0 Å². The quantitative estimate of drug-likeness (QED) is 0.253. The summed E-state index contributed by atoms with van der Waals surface area (Å²) in [5.41, 5.74) is 6.24. The van der Waals surface area contributed by atoms with Crippen LogP contribution in [0.3, 0.4) is 0 Å². The van der Waals surface area contributed by atoms with Crippen LogP contribution in [0.4, 0.5) is 11.6 Å². The second kappa shape index (κ2) is 11.4. The van der Waals surface area contributed by atoms with Crippen LogP contribution in [-0.4, -0.2) is 49.5 Å². The molecule has 1 saturated heterocycles. The molecule has 2 aromatic carbocycles. The maximum absolute atomic E-state index is 13.6. The minimum atomic E-state index is -0.155. The van der Waals surface area contributed by atoms with Crippen LogP contribution in [0.15, 0.2) is 71.9 Å². The van der Waals surface area contributed by atoms with Crippen molar-refractivity contribution in [1.29, 1.82) is 0 Å². The average molecular weight is 566 g/mol. The maximum atomic E-state index is 13.6. The highest BCUT2D eigenvalue weighted by molar-refractivity contribution is 6.33. The van der Waals surface area contributed by atoms with Gasteiger partial charge in [0.2, 0.25) is 5.95 Å². The number of pyridine rings is 1. The number of nitrogens with zero attached hydrogens (tertiary/aromatic N) is 6. The Balaban J connectivity index is 1.28. The first kappa shape index (κ1) is 27.1. The van der Waals surface area contributed by atoms with Gasteiger partial charge in [-0.05, 0) is 82.6 Å². The fraction of sp³-hybridized carbons (Fsp3) is 0.281. The number of halogens is 1. The number of likely N-dealkylation sites (tertiary alicyclic amines) is 1. The molecule has 0 bridgehead atoms. The molecule has 0 saturated carbocycles. The van der Waals surface area contributed by atoms with Gasteiger partial charge in [0.15, 0.2) is 0 Å². The van der Waals surface area contributed by atoms with Crippen molar-refractivity contribution < 1.29 is 0 Å². The summed E-state index contributed by atoms with van der Waals surface area (Å²) < 4.78 is 1.66. The number of aromatic nitrogens is 5. The number of rotatable bonds is 6. The van der Waals surface area contributed by atoms with E-state index in [-0.39, 0.29) is 5.56 Å². The molecular formula is C32H32ClN7O. The molecule has 0 radical (unpaired) electrons. The van der Waals surface area contributed by atoms with E-state index in [0.29, 0.717) is 40.2 Å². The average Bonchev–Trinajstić information content (AvgIpc) is 2.98. The Morgan fingerprint density at radius 3 is 2.46 bits per heavy atom. The van der Waals surface area contributed by atoms with Crippen molar-refractivity contribution in [2.75, 3.05) is 25.5 Å². The Morgan fingerprint density at radius 2 is 1.76 bits per heavy atom. The smallest absolute Gasteiger partial charge is 0.260 e. The van der Waals surface area contributed by atoms with E-state index in [0.717, 1.165) is 41.1 Å². The lowest BCUT2D eigenvalue weighted by molar-refractivity contribution is 0.255. The van der Waals surface area contributed by atoms with E-state index in [1.807, 2.05) is 38.1 Å². The SMILES string of the molecule is CCn1c(=O)c(-c2ccc(-c3cncc(C)n3)cc2Cl)cc2cnc(Nc3ccc(C4CCN(C)CC4)cc3)nc21. The molecule has 9 heteroatoms. The van der Waals surface area contributed by atoms with Gasteiger partial charge >= 0.3 is 0 Å². The second-order valence-corrected chi connectivity index (χ2v) is 11.1. The predicted molar refractivity (Wildman–Crippen MR) is 165 cm³/mol. The summed E-state index contributed by atoms with van der Waals surface area (Å²) in [7, 11) is 2.18. The summed E-state index contributed by atoms with van der Waals surface area (Å²) in [5, 5.41) is 4.53. The molecule has 208 valence electrons. The highest BCUT2D eigenvalue weighted by atomic mass is 35.5. The molecule has 0 spiro atoms. The van der Waals surface area contributed by atoms with Crippen LogP contribution in [0.2, 0.25) is 5.02 Å². The van der Waals surface area contributed by atoms with Gasteiger partial charge in [-0.25, -0.2) is 9.97 Å². The fourth-order valence-corrected chi connectivity index (χ4v) is 5.79. The molecular weight excluding hydrogens is 534 g/mol. The normalized spacial score (nSPS) is 14.4. The zero-order chi connectivity index (χ0) is 28.5. The number of hydrogen-bond donors (Lipinski definition) is 1. The van der Waals surface area contributed by atoms with Gasteiger partial charge in [0, 0.05) is 51.7 Å². The third kappa shape index (κ3) is 5.58. The number of piperidine rings is 1. The molecule has 5 aromatic rings. The first-order valence-corrected chi connectivity index (χ1v) is 14.3. The van der Waals surface area contributed by atoms with Crippen LogP contribution >= 0.6 is 11.6 Å². The summed E-state index contributed by atoms with van der Waals surface area (Å²) in [5.74, 6) is 1.05. The van der Waals surface area contributed by atoms with Crippen molar-refractivity contribution in [3.63, 3.8) is 0 Å². The molecule has 3 aromatic heterocycles. The van der Waals surface area contributed by atoms with Crippen LogP contribution in [0.1, 0.15) is 36.9 Å². The Hall–Kier alpha value is -4.14. The minimum absolute atomic E-state index is 0.155. The van der Waals surface area contributed by atoms with Crippen LogP contribution < -0.4 is 10.9 Å². The van der Waals surface area contributed by atoms with E-state index >= 15 is 0 Å². The molecule has 4 heterocycles. The van der Waals surface area contributed by atoms with E-state index in [2.05, 4.69) is 56.5 Å². The van der Waals surface area contributed by atoms with Gasteiger partial charge in [0.05, 0.1) is 17.6 Å². The number of nitrogens with one attached hydrogen (secondary N) is 1. The van der Waals surface area contributed by atoms with E-state index in [1.54, 1.807) is 23.2 Å². The van der Waals surface area contributed by atoms with Crippen molar-refractivity contribution in [2.24, 2.45) is 0 Å². The van der Waals surface area contributed by atoms with Crippen molar-refractivity contribution in [2.45, 2.75) is 39.2 Å². The lowest BCUT2D eigenvalue weighted by Gasteiger charge is -2.29. The number of fused-ring (bicyclic) bond motifs is 1. The zero-order valence-corrected chi connectivity index (χ0v) is 24.2. The monoisotopic (exact) mass is 565 g/mol. The zero-order valence-electron chi connectivity index (χ0n) is 23.4. The highest BCUT2D eigenvalue weighted by Crippen LogP contribution is 2.32. The lowest BCUT2D eigenvalue weighted by atomic mass is 9.89. The van der Waals surface area contributed by atoms with Crippen molar-refractivity contribution >= 4 is 34.3 Å². The van der Waals surface area contributed by atoms with Crippen molar-refractivity contribution in [3.8, 4) is 22.4 Å². The summed E-state index contributed by atoms with van der Waals surface area (Å²) in [4.78, 5) is 34.1. The van der Waals surface area contributed by atoms with Crippen LogP contribution in [-0.2, 0) is 6.54 Å². The maximum Gasteiger partial charge on any atom is 0.260 e. The Labute approximate surface area is 244 Å². The number of anilines is 2. The van der Waals surface area contributed by atoms with Gasteiger partial charge in [-0.2, -0.15) is 4.98 Å². The van der Waals surface area contributed by atoms with Crippen LogP contribution in [0, 0.1) is 6.92 Å². The number of benzene rings is 2. The third-order valence-electron chi connectivity index (χ3n) is 7.81. The third-order valence-corrected chi connectivity index (χ3v) is 8.12. The summed E-state index contributed by atoms with van der Waals surface area (Å²) in [6, 6.07) is 15.9. The van der Waals surface area contributed by atoms with Crippen molar-refractivity contribution in [3.05, 3.63) is 93.8 Å². The summed E-state index contributed by atoms with van der Waals surface area (Å²) in [6.07, 6.45) is 7.52. The van der Waals surface area contributed by atoms with Crippen LogP contribution in [0.5, 0.6) is 0 Å². The molecule has 0 atom stereocenters. The summed E-state index contributed by atoms with van der Waals surface area (Å²) >= 11 is 6.72. The van der Waals surface area contributed by atoms with Crippen molar-refractivity contribution in [1.82, 2.24) is 29.4 Å². The summed E-state index contributed by atoms with van der Waals surface area (Å²) in [6.45, 7) is 6.56. The molecule has 8 nitrogen and oxygen atoms in total. The van der Waals surface area contributed by atoms with Gasteiger partial charge in [-0.15, -0.1) is 0 Å². The first-order valence-electron chi connectivity index (χ1n) is 13.9. The largest absolute Gasteiger partial charge is 0.324 e. The number of aryl methyl sites for hydroxylation is 2. The lowest BCUT2D eigenvalue weighted by Crippen LogP contribution is -2.29. The molecule has 1 aliphatic heterocycles. The van der Waals surface area contributed by atoms with Gasteiger partial charge in [-0.1, -0.05) is 35.9 Å². The molecule has 1 fully saturated rings. The van der Waals surface area contributed by atoms with E-state index in [4.69, 9.17) is 16.6 Å². The first-order chi connectivity index (χ1) is 19.9. The van der Waals surface area contributed by atoms with E-state index in [9.17, 15) is 4.79 Å². The Kier molecular flexibility index (Phi) is 7.51. The van der Waals surface area contributed by atoms with Gasteiger partial charge in [0.1, 0.15) is 5.65 Å². The molecule has 6 rings (SSSR count). The molecule has 0 unspecified atom stereocenters. The van der Waals surface area contributed by atoms with Crippen LogP contribution in [0.25, 0.3) is 33.4 Å². The predicted octanol–water partition coefficient (Wildman–Crippen LogP) is 6.45. The fourth-order valence-electron chi connectivity index (χ4n) is 5.51. The number of hydrogen-bond acceptors (Lipinski definition) is 7. The minimum Gasteiger partial charge on any atom is -0.324 e. The molecule has 0 amide bonds. The van der Waals surface area contributed by atoms with E-state index in [1.165, 1.54) is 18.4 Å². The Bertz CT molecular complexity index is 1780. The molecule has 0 aliphatic carbocycles. The molecule has 1 aliphatic rings. The standard InChI is InChI=1S/C32H32ClN7O/c1-4-40-30-24(15-27(31(40)41)26-10-7-23(16-28(26)33)29-19-34-17-20(2)36-29)18-35-32(38-30)37-25-8-5-21(6-9-25)22-11-13-39(3)14-12-22/h5-10,15-19,22H,4,11-14H2,1-3H3,(H,35,37,38). The van der Waals surface area contributed by atoms with Gasteiger partial charge in [0.25, 0.3) is 5.56 Å². The molecule has 1 N–H and O–H groups in total.